The fraction of sp³-hybridized carbons (Fsp3) is 0.613. The summed E-state index contributed by atoms with van der Waals surface area (Å²) in [6, 6.07) is 19.9. The number of nitrogens with two attached hydrogens (primary N) is 1. The number of ether oxygens (including phenoxy) is 1. The molecular formula is C62H84N12O6S. The van der Waals surface area contributed by atoms with Crippen molar-refractivity contribution in [1.82, 2.24) is 45.3 Å². The fourth-order valence-electron chi connectivity index (χ4n) is 14.8. The zero-order chi connectivity index (χ0) is 55.9. The number of carbonyl (C=O) groups excluding carboxylic acids is 2. The van der Waals surface area contributed by atoms with Crippen LogP contribution in [0.2, 0.25) is 0 Å². The lowest BCUT2D eigenvalue weighted by molar-refractivity contribution is -0.141. The van der Waals surface area contributed by atoms with Crippen LogP contribution in [0.5, 0.6) is 5.75 Å². The number of aryl methyl sites for hydroxylation is 1. The first-order valence-corrected chi connectivity index (χ1v) is 31.2. The van der Waals surface area contributed by atoms with E-state index >= 15 is 0 Å². The lowest BCUT2D eigenvalue weighted by atomic mass is 9.81. The van der Waals surface area contributed by atoms with Crippen LogP contribution in [0.25, 0.3) is 21.7 Å². The Hall–Kier alpha value is -5.70. The van der Waals surface area contributed by atoms with Crippen LogP contribution in [0.15, 0.2) is 70.7 Å². The molecule has 2 bridgehead atoms. The summed E-state index contributed by atoms with van der Waals surface area (Å²) >= 11 is 1.61. The molecule has 0 spiro atoms. The molecule has 6 atom stereocenters. The number of hydrogen-bond donors (Lipinski definition) is 4. The molecule has 2 amide bonds. The van der Waals surface area contributed by atoms with Crippen LogP contribution in [0.1, 0.15) is 120 Å². The Balaban J connectivity index is 0.540. The number of fused-ring (bicyclic) bond motifs is 2. The number of anilines is 3. The number of aromatic hydroxyl groups is 1. The number of nitrogen functional groups attached to an aromatic ring is 1. The van der Waals surface area contributed by atoms with Gasteiger partial charge in [-0.3, -0.25) is 14.5 Å². The number of likely N-dealkylation sites (tertiary alicyclic amines) is 3. The van der Waals surface area contributed by atoms with Gasteiger partial charge in [0.15, 0.2) is 17.4 Å². The number of aromatic nitrogens is 4. The molecule has 1 aliphatic carbocycles. The quantitative estimate of drug-likeness (QED) is 0.0703. The first-order valence-electron chi connectivity index (χ1n) is 30.3. The van der Waals surface area contributed by atoms with Crippen molar-refractivity contribution in [3.63, 3.8) is 0 Å². The maximum Gasteiger partial charge on any atom is 0.243 e. The lowest BCUT2D eigenvalue weighted by Crippen LogP contribution is -2.59. The van der Waals surface area contributed by atoms with Crippen LogP contribution in [0.3, 0.4) is 0 Å². The second-order valence-electron chi connectivity index (χ2n) is 25.1. The minimum Gasteiger partial charge on any atom is -0.507 e. The van der Waals surface area contributed by atoms with Crippen LogP contribution < -0.4 is 20.9 Å². The SMILES string of the molecule is Cc1ncsc1-c1ccc([C@H](C)NC(=O)[C@@H]2C[C@@H](O)CN2C(=O)[C@@H](c2cc(N3CCC(CN4CCC(OC5CC(CN6CCC(N7C8CCC7CN(c7cc(-c9ccccc9O)nnc7N)C8)CC6)C5)CC4)CC3)no2)C(C)C)cc1. The molecule has 7 fully saturated rings. The van der Waals surface area contributed by atoms with Gasteiger partial charge in [0.1, 0.15) is 17.7 Å². The van der Waals surface area contributed by atoms with Gasteiger partial charge in [0.2, 0.25) is 11.8 Å². The molecule has 434 valence electrons. The second kappa shape index (κ2) is 24.3. The Morgan fingerprint density at radius 3 is 2.16 bits per heavy atom. The monoisotopic (exact) mass is 1120 g/mol. The van der Waals surface area contributed by atoms with Gasteiger partial charge in [-0.2, -0.15) is 0 Å². The molecular weight excluding hydrogens is 1040 g/mol. The number of amides is 2. The standard InChI is InChI=1S/C62H84N12O6S/c1-38(2)58(62(78)73-36-48(75)29-54(73)61(77)65-39(3)43-9-11-44(12-10-43)59-40(4)64-37-81-59)56-31-57(68-80-56)71-25-15-41(16-26-71)32-70-23-19-49(20-24-70)79-50-27-42(28-50)33-69-21-17-45(18-22-69)74-46-13-14-47(74)35-72(34-46)53-30-52(66-67-60(53)63)51-7-5-6-8-55(51)76/h5-12,30-31,37-39,41-42,45-50,54,58,75-76H,13-29,32-36H2,1-4H3,(H2,63,67)(H,65,77)/t39-,42?,46?,47?,48+,50?,54-,58+/m0/s1. The van der Waals surface area contributed by atoms with E-state index in [2.05, 4.69) is 50.2 Å². The largest absolute Gasteiger partial charge is 0.507 e. The summed E-state index contributed by atoms with van der Waals surface area (Å²) in [5.41, 5.74) is 13.6. The van der Waals surface area contributed by atoms with E-state index in [0.29, 0.717) is 59.1 Å². The van der Waals surface area contributed by atoms with Crippen LogP contribution >= 0.6 is 11.3 Å². The Bertz CT molecular complexity index is 2930. The maximum atomic E-state index is 14.4. The summed E-state index contributed by atoms with van der Waals surface area (Å²) in [5, 5.41) is 37.5. The molecule has 81 heavy (non-hydrogen) atoms. The number of phenolic OH excluding ortho intramolecular Hbond substituents is 1. The van der Waals surface area contributed by atoms with E-state index in [0.717, 1.165) is 111 Å². The van der Waals surface area contributed by atoms with Gasteiger partial charge in [0.25, 0.3) is 0 Å². The van der Waals surface area contributed by atoms with Crippen molar-refractivity contribution in [2.75, 3.05) is 87.5 Å². The van der Waals surface area contributed by atoms with Crippen molar-refractivity contribution < 1.29 is 29.1 Å². The van der Waals surface area contributed by atoms with E-state index in [4.69, 9.17) is 15.0 Å². The van der Waals surface area contributed by atoms with Gasteiger partial charge < -0.3 is 55.0 Å². The summed E-state index contributed by atoms with van der Waals surface area (Å²) in [6.07, 6.45) is 11.8. The van der Waals surface area contributed by atoms with Gasteiger partial charge in [-0.1, -0.05) is 55.4 Å². The van der Waals surface area contributed by atoms with Crippen molar-refractivity contribution in [1.29, 1.82) is 0 Å². The number of benzene rings is 2. The Kier molecular flexibility index (Phi) is 16.7. The van der Waals surface area contributed by atoms with Gasteiger partial charge in [0, 0.05) is 95.1 Å². The number of aliphatic hydroxyl groups is 1. The van der Waals surface area contributed by atoms with Crippen molar-refractivity contribution in [2.24, 2.45) is 17.8 Å². The number of piperazine rings is 1. The molecule has 5 N–H and O–H groups in total. The minimum atomic E-state index is -0.793. The van der Waals surface area contributed by atoms with Gasteiger partial charge in [-0.05, 0) is 138 Å². The first kappa shape index (κ1) is 55.8. The molecule has 7 aliphatic rings. The molecule has 19 heteroatoms. The number of nitrogens with one attached hydrogen (secondary N) is 1. The molecule has 1 saturated carbocycles. The summed E-state index contributed by atoms with van der Waals surface area (Å²) in [4.78, 5) is 48.2. The molecule has 6 aliphatic heterocycles. The van der Waals surface area contributed by atoms with E-state index in [-0.39, 0.29) is 42.5 Å². The van der Waals surface area contributed by atoms with Crippen molar-refractivity contribution in [2.45, 2.75) is 153 Å². The van der Waals surface area contributed by atoms with Crippen LogP contribution in [0.4, 0.5) is 17.3 Å². The summed E-state index contributed by atoms with van der Waals surface area (Å²) in [5.74, 6) is 2.01. The number of nitrogens with zero attached hydrogens (tertiary/aromatic N) is 10. The highest BCUT2D eigenvalue weighted by atomic mass is 32.1. The molecule has 18 nitrogen and oxygen atoms in total. The number of hydrogen-bond acceptors (Lipinski definition) is 17. The number of aliphatic hydroxyl groups excluding tert-OH is 1. The van der Waals surface area contributed by atoms with Crippen LogP contribution in [0, 0.1) is 24.7 Å². The highest BCUT2D eigenvalue weighted by molar-refractivity contribution is 7.13. The van der Waals surface area contributed by atoms with Crippen LogP contribution in [-0.4, -0.2) is 176 Å². The number of phenols is 1. The zero-order valence-electron chi connectivity index (χ0n) is 47.8. The van der Waals surface area contributed by atoms with E-state index < -0.39 is 18.1 Å². The van der Waals surface area contributed by atoms with Crippen LogP contribution in [-0.2, 0) is 14.3 Å². The summed E-state index contributed by atoms with van der Waals surface area (Å²) in [7, 11) is 0. The Morgan fingerprint density at radius 1 is 0.790 bits per heavy atom. The molecule has 3 aromatic heterocycles. The number of para-hydroxylation sites is 1. The molecule has 5 aromatic rings. The predicted octanol–water partition coefficient (Wildman–Crippen LogP) is 7.72. The number of β-amino-alcohol motifs (C(OH)–C–C–N with tert-alkyl or cyclic N) is 1. The Morgan fingerprint density at radius 2 is 1.48 bits per heavy atom. The minimum absolute atomic E-state index is 0.0951. The van der Waals surface area contributed by atoms with Crippen molar-refractivity contribution >= 4 is 40.5 Å². The van der Waals surface area contributed by atoms with Gasteiger partial charge in [-0.15, -0.1) is 21.5 Å². The topological polar surface area (TPSA) is 206 Å². The van der Waals surface area contributed by atoms with E-state index in [9.17, 15) is 19.8 Å². The molecule has 6 saturated heterocycles. The number of carbonyl (C=O) groups is 2. The van der Waals surface area contributed by atoms with E-state index in [1.165, 1.54) is 58.2 Å². The Labute approximate surface area is 481 Å². The third-order valence-corrected chi connectivity index (χ3v) is 20.3. The highest BCUT2D eigenvalue weighted by Crippen LogP contribution is 2.41. The van der Waals surface area contributed by atoms with E-state index in [1.807, 2.05) is 87.8 Å². The number of thiazole rings is 1. The normalized spacial score (nSPS) is 26.3. The van der Waals surface area contributed by atoms with Crippen molar-refractivity contribution in [3.8, 4) is 27.4 Å². The second-order valence-corrected chi connectivity index (χ2v) is 26.0. The van der Waals surface area contributed by atoms with Crippen molar-refractivity contribution in [3.05, 3.63) is 83.2 Å². The third-order valence-electron chi connectivity index (χ3n) is 19.3. The fourth-order valence-corrected chi connectivity index (χ4v) is 15.6. The number of rotatable bonds is 17. The summed E-state index contributed by atoms with van der Waals surface area (Å²) < 4.78 is 12.7. The average molecular weight is 1130 g/mol. The van der Waals surface area contributed by atoms with Gasteiger partial charge in [-0.25, -0.2) is 4.98 Å². The van der Waals surface area contributed by atoms with Gasteiger partial charge >= 0.3 is 0 Å². The lowest BCUT2D eigenvalue weighted by Gasteiger charge is -2.49. The third kappa shape index (κ3) is 12.2. The number of piperidine rings is 3. The maximum absolute atomic E-state index is 14.4. The summed E-state index contributed by atoms with van der Waals surface area (Å²) in [6.45, 7) is 18.5. The smallest absolute Gasteiger partial charge is 0.243 e. The average Bonchev–Trinajstić information content (AvgIpc) is 4.30. The molecule has 0 radical (unpaired) electrons. The molecule has 12 rings (SSSR count). The molecule has 2 aromatic carbocycles. The first-order chi connectivity index (χ1) is 39.3. The molecule has 2 unspecified atom stereocenters. The van der Waals surface area contributed by atoms with Gasteiger partial charge in [0.05, 0.1) is 51.8 Å². The van der Waals surface area contributed by atoms with E-state index in [1.54, 1.807) is 22.3 Å². The highest BCUT2D eigenvalue weighted by Gasteiger charge is 2.46. The molecule has 9 heterocycles. The predicted molar refractivity (Wildman–Crippen MR) is 315 cm³/mol. The zero-order valence-corrected chi connectivity index (χ0v) is 48.6.